The molecule has 0 bridgehead atoms. The molecule has 0 aromatic carbocycles. The zero-order chi connectivity index (χ0) is 13.1. The van der Waals surface area contributed by atoms with E-state index in [1.54, 1.807) is 0 Å². The van der Waals surface area contributed by atoms with E-state index in [4.69, 9.17) is 0 Å². The largest absolute Gasteiger partial charge is 0.478 e. The van der Waals surface area contributed by atoms with Gasteiger partial charge in [-0.15, -0.1) is 0 Å². The first kappa shape index (κ1) is 13.2. The molecule has 5 heteroatoms. The second kappa shape index (κ2) is 5.61. The molecule has 1 fully saturated rings. The van der Waals surface area contributed by atoms with E-state index in [-0.39, 0.29) is 0 Å². The maximum absolute atomic E-state index is 11.4. The van der Waals surface area contributed by atoms with Crippen LogP contribution in [-0.2, 0) is 0 Å². The van der Waals surface area contributed by atoms with Gasteiger partial charge in [-0.2, -0.15) is 11.8 Å². The quantitative estimate of drug-likeness (QED) is 0.890. The van der Waals surface area contributed by atoms with Crippen molar-refractivity contribution in [3.63, 3.8) is 0 Å². The molecule has 1 N–H and O–H groups in total. The highest BCUT2D eigenvalue weighted by Crippen LogP contribution is 2.24. The second-order valence-corrected chi connectivity index (χ2v) is 5.76. The molecule has 0 aliphatic carbocycles. The number of pyridine rings is 1. The number of aromatic nitrogens is 1. The number of hydrogen-bond donors (Lipinski definition) is 1. The molecule has 0 unspecified atom stereocenters. The molecule has 0 atom stereocenters. The first-order chi connectivity index (χ1) is 8.59. The highest BCUT2D eigenvalue weighted by molar-refractivity contribution is 7.99. The van der Waals surface area contributed by atoms with Crippen LogP contribution >= 0.6 is 11.8 Å². The van der Waals surface area contributed by atoms with Gasteiger partial charge in [-0.25, -0.2) is 9.78 Å². The molecule has 1 aromatic heterocycles. The fourth-order valence-corrected chi connectivity index (χ4v) is 3.15. The lowest BCUT2D eigenvalue weighted by molar-refractivity contribution is 0.0696. The van der Waals surface area contributed by atoms with Gasteiger partial charge < -0.3 is 10.0 Å². The number of nitrogens with zero attached hydrogens (tertiary/aromatic N) is 2. The Morgan fingerprint density at radius 2 is 2.17 bits per heavy atom. The van der Waals surface area contributed by atoms with Crippen molar-refractivity contribution >= 4 is 23.5 Å². The Balaban J connectivity index is 2.43. The smallest absolute Gasteiger partial charge is 0.339 e. The topological polar surface area (TPSA) is 53.4 Å². The Morgan fingerprint density at radius 3 is 2.89 bits per heavy atom. The SMILES string of the molecule is Cc1cc(C)c(C(=O)O)c(N2CCCSCC2)n1. The molecule has 1 aliphatic heterocycles. The van der Waals surface area contributed by atoms with Crippen LogP contribution in [0.2, 0.25) is 0 Å². The van der Waals surface area contributed by atoms with E-state index in [9.17, 15) is 9.90 Å². The van der Waals surface area contributed by atoms with Crippen LogP contribution in [0, 0.1) is 13.8 Å². The van der Waals surface area contributed by atoms with E-state index in [1.807, 2.05) is 31.7 Å². The summed E-state index contributed by atoms with van der Waals surface area (Å²) in [5, 5.41) is 9.37. The molecule has 0 saturated carbocycles. The lowest BCUT2D eigenvalue weighted by atomic mass is 10.1. The van der Waals surface area contributed by atoms with Crippen LogP contribution in [0.5, 0.6) is 0 Å². The standard InChI is InChI=1S/C13H18N2O2S/c1-9-8-10(2)14-12(11(9)13(16)17)15-4-3-6-18-7-5-15/h8H,3-7H2,1-2H3,(H,16,17). The molecule has 4 nitrogen and oxygen atoms in total. The summed E-state index contributed by atoms with van der Waals surface area (Å²) in [6.45, 7) is 5.52. The van der Waals surface area contributed by atoms with Gasteiger partial charge in [-0.05, 0) is 37.7 Å². The summed E-state index contributed by atoms with van der Waals surface area (Å²) in [5.41, 5.74) is 2.03. The highest BCUT2D eigenvalue weighted by atomic mass is 32.2. The molecule has 0 spiro atoms. The Bertz CT molecular complexity index is 455. The minimum Gasteiger partial charge on any atom is -0.478 e. The molecular weight excluding hydrogens is 248 g/mol. The van der Waals surface area contributed by atoms with Crippen molar-refractivity contribution in [2.75, 3.05) is 29.5 Å². The van der Waals surface area contributed by atoms with Crippen molar-refractivity contribution in [2.45, 2.75) is 20.3 Å². The average Bonchev–Trinajstić information content (AvgIpc) is 2.55. The number of rotatable bonds is 2. The maximum Gasteiger partial charge on any atom is 0.339 e. The van der Waals surface area contributed by atoms with Crippen LogP contribution in [0.4, 0.5) is 5.82 Å². The number of anilines is 1. The summed E-state index contributed by atoms with van der Waals surface area (Å²) in [6.07, 6.45) is 1.08. The number of aryl methyl sites for hydroxylation is 2. The lowest BCUT2D eigenvalue weighted by Crippen LogP contribution is -2.29. The van der Waals surface area contributed by atoms with Crippen molar-refractivity contribution in [3.05, 3.63) is 22.9 Å². The fourth-order valence-electron chi connectivity index (χ4n) is 2.27. The Morgan fingerprint density at radius 1 is 1.39 bits per heavy atom. The molecule has 1 aliphatic rings. The predicted molar refractivity (Wildman–Crippen MR) is 74.8 cm³/mol. The molecule has 18 heavy (non-hydrogen) atoms. The molecule has 98 valence electrons. The van der Waals surface area contributed by atoms with E-state index in [0.717, 1.165) is 42.3 Å². The van der Waals surface area contributed by atoms with Crippen molar-refractivity contribution < 1.29 is 9.90 Å². The van der Waals surface area contributed by atoms with Gasteiger partial charge in [0.15, 0.2) is 0 Å². The van der Waals surface area contributed by atoms with Gasteiger partial charge in [0.05, 0.1) is 0 Å². The molecule has 1 aromatic rings. The summed E-state index contributed by atoms with van der Waals surface area (Å²) in [4.78, 5) is 18.0. The molecule has 1 saturated heterocycles. The van der Waals surface area contributed by atoms with E-state index >= 15 is 0 Å². The minimum atomic E-state index is -0.882. The molecular formula is C13H18N2O2S. The first-order valence-corrected chi connectivity index (χ1v) is 7.29. The van der Waals surface area contributed by atoms with E-state index in [1.165, 1.54) is 0 Å². The monoisotopic (exact) mass is 266 g/mol. The molecule has 2 heterocycles. The van der Waals surface area contributed by atoms with Crippen molar-refractivity contribution in [2.24, 2.45) is 0 Å². The Kier molecular flexibility index (Phi) is 4.11. The third-order valence-electron chi connectivity index (χ3n) is 3.06. The minimum absolute atomic E-state index is 0.354. The summed E-state index contributed by atoms with van der Waals surface area (Å²) in [5.74, 6) is 1.94. The van der Waals surface area contributed by atoms with Gasteiger partial charge in [0.25, 0.3) is 0 Å². The average molecular weight is 266 g/mol. The van der Waals surface area contributed by atoms with Crippen molar-refractivity contribution in [3.8, 4) is 0 Å². The summed E-state index contributed by atoms with van der Waals surface area (Å²) in [6, 6.07) is 1.83. The van der Waals surface area contributed by atoms with Gasteiger partial charge in [-0.3, -0.25) is 0 Å². The highest BCUT2D eigenvalue weighted by Gasteiger charge is 2.21. The molecule has 0 amide bonds. The Hall–Kier alpha value is -1.23. The van der Waals surface area contributed by atoms with Gasteiger partial charge in [0, 0.05) is 24.5 Å². The van der Waals surface area contributed by atoms with E-state index in [0.29, 0.717) is 11.4 Å². The number of thioether (sulfide) groups is 1. The van der Waals surface area contributed by atoms with Crippen LogP contribution in [0.25, 0.3) is 0 Å². The van der Waals surface area contributed by atoms with E-state index < -0.39 is 5.97 Å². The number of carboxylic acid groups (broad SMARTS) is 1. The van der Waals surface area contributed by atoms with Gasteiger partial charge >= 0.3 is 5.97 Å². The number of carboxylic acids is 1. The summed E-state index contributed by atoms with van der Waals surface area (Å²) in [7, 11) is 0. The summed E-state index contributed by atoms with van der Waals surface area (Å²) >= 11 is 1.92. The second-order valence-electron chi connectivity index (χ2n) is 4.54. The number of aromatic carboxylic acids is 1. The van der Waals surface area contributed by atoms with Crippen molar-refractivity contribution in [1.82, 2.24) is 4.98 Å². The van der Waals surface area contributed by atoms with E-state index in [2.05, 4.69) is 9.88 Å². The van der Waals surface area contributed by atoms with Crippen LogP contribution in [-0.4, -0.2) is 40.7 Å². The number of hydrogen-bond acceptors (Lipinski definition) is 4. The Labute approximate surface area is 111 Å². The van der Waals surface area contributed by atoms with Gasteiger partial charge in [0.1, 0.15) is 11.4 Å². The number of carbonyl (C=O) groups is 1. The molecule has 2 rings (SSSR count). The van der Waals surface area contributed by atoms with Gasteiger partial charge in [0.2, 0.25) is 0 Å². The zero-order valence-corrected chi connectivity index (χ0v) is 11.6. The first-order valence-electron chi connectivity index (χ1n) is 6.14. The van der Waals surface area contributed by atoms with Crippen LogP contribution < -0.4 is 4.90 Å². The normalized spacial score (nSPS) is 16.4. The third kappa shape index (κ3) is 2.77. The zero-order valence-electron chi connectivity index (χ0n) is 10.8. The van der Waals surface area contributed by atoms with Gasteiger partial charge in [-0.1, -0.05) is 0 Å². The third-order valence-corrected chi connectivity index (χ3v) is 4.11. The van der Waals surface area contributed by atoms with Crippen LogP contribution in [0.15, 0.2) is 6.07 Å². The van der Waals surface area contributed by atoms with Crippen molar-refractivity contribution in [1.29, 1.82) is 0 Å². The van der Waals surface area contributed by atoms with Crippen LogP contribution in [0.1, 0.15) is 28.0 Å². The predicted octanol–water partition coefficient (Wildman–Crippen LogP) is 2.34. The fraction of sp³-hybridized carbons (Fsp3) is 0.538. The van der Waals surface area contributed by atoms with Crippen LogP contribution in [0.3, 0.4) is 0 Å². The summed E-state index contributed by atoms with van der Waals surface area (Å²) < 4.78 is 0. The maximum atomic E-state index is 11.4. The lowest BCUT2D eigenvalue weighted by Gasteiger charge is -2.24. The molecule has 0 radical (unpaired) electrons.